The van der Waals surface area contributed by atoms with Gasteiger partial charge < -0.3 is 16.0 Å². The van der Waals surface area contributed by atoms with Crippen molar-refractivity contribution >= 4 is 17.5 Å². The molecule has 2 atom stereocenters. The van der Waals surface area contributed by atoms with Crippen LogP contribution >= 0.6 is 0 Å². The highest BCUT2D eigenvalue weighted by molar-refractivity contribution is 5.99. The van der Waals surface area contributed by atoms with Gasteiger partial charge in [-0.25, -0.2) is 0 Å². The van der Waals surface area contributed by atoms with Crippen molar-refractivity contribution in [3.63, 3.8) is 0 Å². The van der Waals surface area contributed by atoms with E-state index in [4.69, 9.17) is 0 Å². The summed E-state index contributed by atoms with van der Waals surface area (Å²) in [6.45, 7) is 2.89. The molecule has 2 amide bonds. The van der Waals surface area contributed by atoms with Crippen LogP contribution in [0.4, 0.5) is 5.69 Å². The number of carbonyl (C=O) groups excluding carboxylic acids is 2. The molecule has 2 aliphatic rings. The number of fused-ring (bicyclic) bond motifs is 1. The Bertz CT molecular complexity index is 565. The summed E-state index contributed by atoms with van der Waals surface area (Å²) in [5.41, 5.74) is 2.93. The second kappa shape index (κ2) is 5.85. The maximum absolute atomic E-state index is 12.2. The van der Waals surface area contributed by atoms with Gasteiger partial charge >= 0.3 is 0 Å². The number of rotatable bonds is 3. The summed E-state index contributed by atoms with van der Waals surface area (Å²) in [7, 11) is 0. The molecule has 2 aliphatic heterocycles. The lowest BCUT2D eigenvalue weighted by Crippen LogP contribution is -2.47. The van der Waals surface area contributed by atoms with Gasteiger partial charge in [-0.05, 0) is 43.5 Å². The fourth-order valence-corrected chi connectivity index (χ4v) is 2.99. The number of benzene rings is 1. The van der Waals surface area contributed by atoms with E-state index in [1.54, 1.807) is 0 Å². The van der Waals surface area contributed by atoms with Crippen LogP contribution in [0.25, 0.3) is 0 Å². The van der Waals surface area contributed by atoms with Gasteiger partial charge in [0.1, 0.15) is 0 Å². The summed E-state index contributed by atoms with van der Waals surface area (Å²) in [4.78, 5) is 23.6. The van der Waals surface area contributed by atoms with Gasteiger partial charge in [-0.3, -0.25) is 9.59 Å². The van der Waals surface area contributed by atoms with Crippen LogP contribution in [-0.2, 0) is 16.0 Å². The number of hydrogen-bond donors (Lipinski definition) is 3. The lowest BCUT2D eigenvalue weighted by atomic mass is 10.0. The fraction of sp³-hybridized carbons (Fsp3) is 0.500. The van der Waals surface area contributed by atoms with E-state index < -0.39 is 0 Å². The minimum atomic E-state index is -0.0705. The quantitative estimate of drug-likeness (QED) is 0.789. The molecule has 5 nitrogen and oxygen atoms in total. The van der Waals surface area contributed by atoms with E-state index >= 15 is 0 Å². The van der Waals surface area contributed by atoms with E-state index in [0.29, 0.717) is 6.42 Å². The zero-order valence-corrected chi connectivity index (χ0v) is 12.2. The van der Waals surface area contributed by atoms with Crippen molar-refractivity contribution in [2.45, 2.75) is 44.7 Å². The van der Waals surface area contributed by atoms with Crippen molar-refractivity contribution < 1.29 is 9.59 Å². The number of piperidine rings is 1. The SMILES string of the molecule is CC(NC(=O)C1CCCCN1)c1ccc2c(c1)CC(=O)N2. The summed E-state index contributed by atoms with van der Waals surface area (Å²) < 4.78 is 0. The van der Waals surface area contributed by atoms with Crippen LogP contribution in [0, 0.1) is 0 Å². The van der Waals surface area contributed by atoms with Crippen LogP contribution < -0.4 is 16.0 Å². The standard InChI is InChI=1S/C16H21N3O2/c1-10(18-16(21)14-4-2-3-7-17-14)11-5-6-13-12(8-11)9-15(20)19-13/h5-6,8,10,14,17H,2-4,7,9H2,1H3,(H,18,21)(H,19,20). The molecular weight excluding hydrogens is 266 g/mol. The monoisotopic (exact) mass is 287 g/mol. The number of anilines is 1. The lowest BCUT2D eigenvalue weighted by molar-refractivity contribution is -0.124. The highest BCUT2D eigenvalue weighted by Crippen LogP contribution is 2.26. The molecule has 112 valence electrons. The van der Waals surface area contributed by atoms with Gasteiger partial charge in [0.2, 0.25) is 11.8 Å². The Hall–Kier alpha value is -1.88. The van der Waals surface area contributed by atoms with Crippen LogP contribution in [0.15, 0.2) is 18.2 Å². The first-order chi connectivity index (χ1) is 10.1. The molecular formula is C16H21N3O2. The molecule has 1 saturated heterocycles. The third kappa shape index (κ3) is 3.08. The second-order valence-corrected chi connectivity index (χ2v) is 5.87. The highest BCUT2D eigenvalue weighted by atomic mass is 16.2. The van der Waals surface area contributed by atoms with Gasteiger partial charge in [0, 0.05) is 5.69 Å². The first-order valence-corrected chi connectivity index (χ1v) is 7.60. The molecule has 0 bridgehead atoms. The average molecular weight is 287 g/mol. The predicted octanol–water partition coefficient (Wildman–Crippen LogP) is 1.50. The zero-order valence-electron chi connectivity index (χ0n) is 12.2. The van der Waals surface area contributed by atoms with E-state index in [-0.39, 0.29) is 23.9 Å². The second-order valence-electron chi connectivity index (χ2n) is 5.87. The lowest BCUT2D eigenvalue weighted by Gasteiger charge is -2.24. The van der Waals surface area contributed by atoms with Crippen molar-refractivity contribution in [3.05, 3.63) is 29.3 Å². The van der Waals surface area contributed by atoms with Gasteiger partial charge in [-0.2, -0.15) is 0 Å². The minimum Gasteiger partial charge on any atom is -0.348 e. The smallest absolute Gasteiger partial charge is 0.237 e. The summed E-state index contributed by atoms with van der Waals surface area (Å²) in [5, 5.41) is 9.14. The normalized spacial score (nSPS) is 22.3. The molecule has 2 heterocycles. The molecule has 5 heteroatoms. The van der Waals surface area contributed by atoms with Crippen molar-refractivity contribution in [3.8, 4) is 0 Å². The third-order valence-electron chi connectivity index (χ3n) is 4.24. The topological polar surface area (TPSA) is 70.2 Å². The van der Waals surface area contributed by atoms with Crippen molar-refractivity contribution in [1.82, 2.24) is 10.6 Å². The molecule has 2 unspecified atom stereocenters. The molecule has 1 fully saturated rings. The van der Waals surface area contributed by atoms with E-state index in [1.165, 1.54) is 0 Å². The largest absolute Gasteiger partial charge is 0.348 e. The van der Waals surface area contributed by atoms with Crippen molar-refractivity contribution in [2.24, 2.45) is 0 Å². The van der Waals surface area contributed by atoms with Crippen LogP contribution in [0.2, 0.25) is 0 Å². The third-order valence-corrected chi connectivity index (χ3v) is 4.24. The molecule has 0 radical (unpaired) electrons. The molecule has 3 N–H and O–H groups in total. The Kier molecular flexibility index (Phi) is 3.92. The maximum Gasteiger partial charge on any atom is 0.237 e. The number of hydrogen-bond acceptors (Lipinski definition) is 3. The summed E-state index contributed by atoms with van der Waals surface area (Å²) >= 11 is 0. The van der Waals surface area contributed by atoms with Gasteiger partial charge in [0.05, 0.1) is 18.5 Å². The number of nitrogens with one attached hydrogen (secondary N) is 3. The summed E-state index contributed by atoms with van der Waals surface area (Å²) in [5.74, 6) is 0.0992. The van der Waals surface area contributed by atoms with E-state index in [2.05, 4.69) is 16.0 Å². The van der Waals surface area contributed by atoms with Crippen LogP contribution in [0.3, 0.4) is 0 Å². The van der Waals surface area contributed by atoms with Gasteiger partial charge in [-0.15, -0.1) is 0 Å². The molecule has 1 aromatic rings. The minimum absolute atomic E-state index is 0.0326. The summed E-state index contributed by atoms with van der Waals surface area (Å²) in [6, 6.07) is 5.76. The van der Waals surface area contributed by atoms with Crippen LogP contribution in [0.1, 0.15) is 43.4 Å². The van der Waals surface area contributed by atoms with Crippen LogP contribution in [0.5, 0.6) is 0 Å². The van der Waals surface area contributed by atoms with E-state index in [1.807, 2.05) is 25.1 Å². The zero-order chi connectivity index (χ0) is 14.8. The Morgan fingerprint density at radius 1 is 1.38 bits per heavy atom. The molecule has 21 heavy (non-hydrogen) atoms. The maximum atomic E-state index is 12.2. The molecule has 0 saturated carbocycles. The van der Waals surface area contributed by atoms with Crippen molar-refractivity contribution in [1.29, 1.82) is 0 Å². The highest BCUT2D eigenvalue weighted by Gasteiger charge is 2.23. The van der Waals surface area contributed by atoms with Gasteiger partial charge in [0.15, 0.2) is 0 Å². The molecule has 0 aromatic heterocycles. The molecule has 1 aromatic carbocycles. The van der Waals surface area contributed by atoms with Gasteiger partial charge in [-0.1, -0.05) is 18.6 Å². The Morgan fingerprint density at radius 3 is 3.00 bits per heavy atom. The van der Waals surface area contributed by atoms with Crippen LogP contribution in [-0.4, -0.2) is 24.4 Å². The Balaban J connectivity index is 1.65. The van der Waals surface area contributed by atoms with E-state index in [9.17, 15) is 9.59 Å². The molecule has 3 rings (SSSR count). The van der Waals surface area contributed by atoms with E-state index in [0.717, 1.165) is 42.6 Å². The predicted molar refractivity (Wildman–Crippen MR) is 81.0 cm³/mol. The average Bonchev–Trinajstić information content (AvgIpc) is 2.87. The fourth-order valence-electron chi connectivity index (χ4n) is 2.99. The number of amides is 2. The first kappa shape index (κ1) is 14.1. The first-order valence-electron chi connectivity index (χ1n) is 7.60. The summed E-state index contributed by atoms with van der Waals surface area (Å²) in [6.07, 6.45) is 3.58. The molecule has 0 spiro atoms. The Morgan fingerprint density at radius 2 is 2.24 bits per heavy atom. The van der Waals surface area contributed by atoms with Crippen molar-refractivity contribution in [2.75, 3.05) is 11.9 Å². The molecule has 0 aliphatic carbocycles. The number of carbonyl (C=O) groups is 2. The van der Waals surface area contributed by atoms with Gasteiger partial charge in [0.25, 0.3) is 0 Å². The Labute approximate surface area is 124 Å².